The van der Waals surface area contributed by atoms with Gasteiger partial charge < -0.3 is 5.32 Å². The number of rotatable bonds is 6. The molecule has 128 valence electrons. The number of benzene rings is 2. The van der Waals surface area contributed by atoms with Crippen LogP contribution in [0.1, 0.15) is 24.2 Å². The molecule has 25 heavy (non-hydrogen) atoms. The number of carbonyl (C=O) groups is 2. The van der Waals surface area contributed by atoms with Gasteiger partial charge in [0.1, 0.15) is 0 Å². The van der Waals surface area contributed by atoms with Gasteiger partial charge in [0.15, 0.2) is 10.1 Å². The molecule has 2 aromatic carbocycles. The zero-order chi connectivity index (χ0) is 17.8. The molecule has 4 nitrogen and oxygen atoms in total. The molecular weight excluding hydrogens is 352 g/mol. The van der Waals surface area contributed by atoms with Gasteiger partial charge in [0, 0.05) is 17.2 Å². The van der Waals surface area contributed by atoms with Crippen molar-refractivity contribution in [2.75, 3.05) is 11.1 Å². The highest BCUT2D eigenvalue weighted by molar-refractivity contribution is 8.01. The molecule has 0 fully saturated rings. The standard InChI is InChI=1S/C19H18N2O2S2/c1-12(2)18(23)20-14-8-9-15-17(10-14)25-19(21-15)24-11-16(22)13-6-4-3-5-7-13/h3-10,12H,11H2,1-2H3,(H,20,23). The van der Waals surface area contributed by atoms with Gasteiger partial charge in [-0.3, -0.25) is 9.59 Å². The summed E-state index contributed by atoms with van der Waals surface area (Å²) in [5.41, 5.74) is 2.36. The van der Waals surface area contributed by atoms with E-state index in [0.29, 0.717) is 5.75 Å². The minimum atomic E-state index is -0.0627. The highest BCUT2D eigenvalue weighted by atomic mass is 32.2. The number of hydrogen-bond donors (Lipinski definition) is 1. The maximum atomic E-state index is 12.2. The molecule has 3 rings (SSSR count). The molecule has 0 saturated heterocycles. The first-order valence-corrected chi connectivity index (χ1v) is 9.75. The van der Waals surface area contributed by atoms with E-state index in [9.17, 15) is 9.59 Å². The highest BCUT2D eigenvalue weighted by Crippen LogP contribution is 2.31. The second kappa shape index (κ2) is 7.80. The van der Waals surface area contributed by atoms with Crippen molar-refractivity contribution < 1.29 is 9.59 Å². The molecule has 0 aliphatic heterocycles. The lowest BCUT2D eigenvalue weighted by molar-refractivity contribution is -0.118. The maximum absolute atomic E-state index is 12.2. The van der Waals surface area contributed by atoms with E-state index >= 15 is 0 Å². The highest BCUT2D eigenvalue weighted by Gasteiger charge is 2.11. The van der Waals surface area contributed by atoms with Crippen molar-refractivity contribution in [1.29, 1.82) is 0 Å². The van der Waals surface area contributed by atoms with Crippen LogP contribution < -0.4 is 5.32 Å². The lowest BCUT2D eigenvalue weighted by Gasteiger charge is -2.06. The number of anilines is 1. The van der Waals surface area contributed by atoms with Crippen LogP contribution in [-0.4, -0.2) is 22.4 Å². The fourth-order valence-electron chi connectivity index (χ4n) is 2.16. The number of carbonyl (C=O) groups excluding carboxylic acids is 2. The average molecular weight is 370 g/mol. The van der Waals surface area contributed by atoms with E-state index in [1.165, 1.54) is 23.1 Å². The van der Waals surface area contributed by atoms with Gasteiger partial charge in [-0.05, 0) is 18.2 Å². The number of thioether (sulfide) groups is 1. The molecule has 0 aliphatic rings. The number of aromatic nitrogens is 1. The third kappa shape index (κ3) is 4.46. The van der Waals surface area contributed by atoms with Crippen LogP contribution in [0.2, 0.25) is 0 Å². The fourth-order valence-corrected chi connectivity index (χ4v) is 4.17. The van der Waals surface area contributed by atoms with Crippen molar-refractivity contribution in [1.82, 2.24) is 4.98 Å². The fraction of sp³-hybridized carbons (Fsp3) is 0.211. The number of fused-ring (bicyclic) bond motifs is 1. The molecule has 0 unspecified atom stereocenters. The monoisotopic (exact) mass is 370 g/mol. The molecule has 0 aliphatic carbocycles. The van der Waals surface area contributed by atoms with E-state index in [1.54, 1.807) is 0 Å². The Morgan fingerprint density at radius 2 is 1.92 bits per heavy atom. The number of nitrogens with zero attached hydrogens (tertiary/aromatic N) is 1. The van der Waals surface area contributed by atoms with Crippen LogP contribution in [-0.2, 0) is 4.79 Å². The van der Waals surface area contributed by atoms with Crippen LogP contribution in [0.5, 0.6) is 0 Å². The van der Waals surface area contributed by atoms with Gasteiger partial charge in [-0.2, -0.15) is 0 Å². The summed E-state index contributed by atoms with van der Waals surface area (Å²) in [6, 6.07) is 14.9. The average Bonchev–Trinajstić information content (AvgIpc) is 3.02. The molecule has 1 N–H and O–H groups in total. The summed E-state index contributed by atoms with van der Waals surface area (Å²) in [6.07, 6.45) is 0. The van der Waals surface area contributed by atoms with Crippen molar-refractivity contribution >= 4 is 50.7 Å². The molecule has 1 heterocycles. The Bertz CT molecular complexity index is 904. The van der Waals surface area contributed by atoms with E-state index in [1.807, 2.05) is 62.4 Å². The molecular formula is C19H18N2O2S2. The minimum Gasteiger partial charge on any atom is -0.326 e. The molecule has 1 aromatic heterocycles. The first-order valence-electron chi connectivity index (χ1n) is 7.95. The van der Waals surface area contributed by atoms with Crippen molar-refractivity contribution in [2.24, 2.45) is 5.92 Å². The van der Waals surface area contributed by atoms with E-state index in [2.05, 4.69) is 10.3 Å². The molecule has 0 atom stereocenters. The number of nitrogens with one attached hydrogen (secondary N) is 1. The smallest absolute Gasteiger partial charge is 0.226 e. The Kier molecular flexibility index (Phi) is 5.50. The first kappa shape index (κ1) is 17.6. The zero-order valence-electron chi connectivity index (χ0n) is 14.0. The molecule has 0 radical (unpaired) electrons. The number of ketones is 1. The summed E-state index contributed by atoms with van der Waals surface area (Å²) in [7, 11) is 0. The molecule has 0 spiro atoms. The van der Waals surface area contributed by atoms with Crippen LogP contribution in [0.25, 0.3) is 10.2 Å². The number of Topliss-reactive ketones (excluding diaryl/α,β-unsaturated/α-hetero) is 1. The third-order valence-electron chi connectivity index (χ3n) is 3.58. The molecule has 1 amide bonds. The van der Waals surface area contributed by atoms with Crippen molar-refractivity contribution in [3.8, 4) is 0 Å². The van der Waals surface area contributed by atoms with E-state index in [4.69, 9.17) is 0 Å². The molecule has 0 bridgehead atoms. The lowest BCUT2D eigenvalue weighted by Crippen LogP contribution is -2.17. The van der Waals surface area contributed by atoms with Gasteiger partial charge in [0.2, 0.25) is 5.91 Å². The maximum Gasteiger partial charge on any atom is 0.226 e. The van der Waals surface area contributed by atoms with Crippen molar-refractivity contribution in [3.63, 3.8) is 0 Å². The van der Waals surface area contributed by atoms with Crippen LogP contribution in [0.15, 0.2) is 52.9 Å². The summed E-state index contributed by atoms with van der Waals surface area (Å²) in [4.78, 5) is 28.5. The second-order valence-electron chi connectivity index (χ2n) is 5.88. The van der Waals surface area contributed by atoms with Gasteiger partial charge in [-0.25, -0.2) is 4.98 Å². The van der Waals surface area contributed by atoms with Crippen LogP contribution in [0, 0.1) is 5.92 Å². The van der Waals surface area contributed by atoms with Crippen molar-refractivity contribution in [2.45, 2.75) is 18.2 Å². The Morgan fingerprint density at radius 3 is 2.64 bits per heavy atom. The first-order chi connectivity index (χ1) is 12.0. The summed E-state index contributed by atoms with van der Waals surface area (Å²) >= 11 is 2.98. The summed E-state index contributed by atoms with van der Waals surface area (Å²) < 4.78 is 1.85. The Morgan fingerprint density at radius 1 is 1.16 bits per heavy atom. The van der Waals surface area contributed by atoms with Gasteiger partial charge >= 0.3 is 0 Å². The SMILES string of the molecule is CC(C)C(=O)Nc1ccc2nc(SCC(=O)c3ccccc3)sc2c1. The Balaban J connectivity index is 1.69. The third-order valence-corrected chi connectivity index (χ3v) is 5.74. The van der Waals surface area contributed by atoms with Gasteiger partial charge in [0.25, 0.3) is 0 Å². The van der Waals surface area contributed by atoms with Crippen LogP contribution >= 0.6 is 23.1 Å². The predicted octanol–water partition coefficient (Wildman–Crippen LogP) is 4.87. The quantitative estimate of drug-likeness (QED) is 0.497. The van der Waals surface area contributed by atoms with E-state index in [-0.39, 0.29) is 17.6 Å². The van der Waals surface area contributed by atoms with Gasteiger partial charge in [-0.1, -0.05) is 55.9 Å². The topological polar surface area (TPSA) is 59.1 Å². The number of thiazole rings is 1. The zero-order valence-corrected chi connectivity index (χ0v) is 15.6. The minimum absolute atomic E-state index is 0.00748. The number of amides is 1. The molecule has 0 saturated carbocycles. The summed E-state index contributed by atoms with van der Waals surface area (Å²) in [5.74, 6) is 0.384. The van der Waals surface area contributed by atoms with E-state index in [0.717, 1.165) is 25.8 Å². The summed E-state index contributed by atoms with van der Waals surface area (Å²) in [6.45, 7) is 3.72. The normalized spacial score (nSPS) is 11.0. The van der Waals surface area contributed by atoms with Crippen LogP contribution in [0.4, 0.5) is 5.69 Å². The largest absolute Gasteiger partial charge is 0.326 e. The van der Waals surface area contributed by atoms with Gasteiger partial charge in [-0.15, -0.1) is 11.3 Å². The van der Waals surface area contributed by atoms with Crippen LogP contribution in [0.3, 0.4) is 0 Å². The lowest BCUT2D eigenvalue weighted by atomic mass is 10.2. The van der Waals surface area contributed by atoms with Crippen molar-refractivity contribution in [3.05, 3.63) is 54.1 Å². The Labute approximate surface area is 154 Å². The molecule has 6 heteroatoms. The van der Waals surface area contributed by atoms with Gasteiger partial charge in [0.05, 0.1) is 16.0 Å². The summed E-state index contributed by atoms with van der Waals surface area (Å²) in [5, 5.41) is 2.89. The molecule has 3 aromatic rings. The number of hydrogen-bond acceptors (Lipinski definition) is 5. The second-order valence-corrected chi connectivity index (χ2v) is 8.14. The Hall–Kier alpha value is -2.18. The predicted molar refractivity (Wildman–Crippen MR) is 105 cm³/mol. The van der Waals surface area contributed by atoms with E-state index < -0.39 is 0 Å².